The fourth-order valence-electron chi connectivity index (χ4n) is 2.25. The van der Waals surface area contributed by atoms with Gasteiger partial charge >= 0.3 is 5.69 Å². The molecule has 2 rings (SSSR count). The van der Waals surface area contributed by atoms with Gasteiger partial charge in [-0.3, -0.25) is 10.1 Å². The zero-order valence-electron chi connectivity index (χ0n) is 11.0. The Balaban J connectivity index is 1.98. The molecule has 1 saturated heterocycles. The molecule has 0 radical (unpaired) electrons. The number of hydrogen-bond donors (Lipinski definition) is 2. The number of nitrogens with one attached hydrogen (secondary N) is 1. The van der Waals surface area contributed by atoms with Gasteiger partial charge in [0.25, 0.3) is 0 Å². The second-order valence-electron chi connectivity index (χ2n) is 4.99. The van der Waals surface area contributed by atoms with Gasteiger partial charge in [-0.25, -0.2) is 4.98 Å². The summed E-state index contributed by atoms with van der Waals surface area (Å²) in [5.41, 5.74) is 5.55. The van der Waals surface area contributed by atoms with E-state index in [0.29, 0.717) is 12.5 Å². The monoisotopic (exact) mass is 265 g/mol. The van der Waals surface area contributed by atoms with Crippen LogP contribution in [0, 0.1) is 16.0 Å². The third-order valence-electron chi connectivity index (χ3n) is 3.49. The van der Waals surface area contributed by atoms with Crippen LogP contribution in [0.2, 0.25) is 0 Å². The van der Waals surface area contributed by atoms with E-state index in [4.69, 9.17) is 5.73 Å². The molecule has 1 fully saturated rings. The van der Waals surface area contributed by atoms with Crippen LogP contribution in [0.3, 0.4) is 0 Å². The van der Waals surface area contributed by atoms with Crippen LogP contribution in [0.5, 0.6) is 0 Å². The molecular formula is C12H19N5O2. The van der Waals surface area contributed by atoms with Crippen molar-refractivity contribution >= 4 is 17.3 Å². The van der Waals surface area contributed by atoms with Gasteiger partial charge in [-0.1, -0.05) is 0 Å². The molecule has 19 heavy (non-hydrogen) atoms. The molecule has 7 heteroatoms. The van der Waals surface area contributed by atoms with Gasteiger partial charge in [0.1, 0.15) is 5.82 Å². The number of nitrogens with two attached hydrogens (primary N) is 1. The molecule has 1 aliphatic rings. The average molecular weight is 265 g/mol. The second-order valence-corrected chi connectivity index (χ2v) is 4.99. The summed E-state index contributed by atoms with van der Waals surface area (Å²) in [4.78, 5) is 16.8. The van der Waals surface area contributed by atoms with E-state index in [2.05, 4.69) is 22.2 Å². The largest absolute Gasteiger partial charge is 0.384 e. The molecule has 0 spiro atoms. The molecule has 1 aromatic heterocycles. The normalized spacial score (nSPS) is 17.3. The van der Waals surface area contributed by atoms with Gasteiger partial charge in [0.15, 0.2) is 0 Å². The molecule has 0 saturated carbocycles. The highest BCUT2D eigenvalue weighted by atomic mass is 16.6. The second kappa shape index (κ2) is 5.83. The van der Waals surface area contributed by atoms with E-state index >= 15 is 0 Å². The molecule has 1 aromatic rings. The zero-order valence-corrected chi connectivity index (χ0v) is 11.0. The van der Waals surface area contributed by atoms with Crippen molar-refractivity contribution in [1.82, 2.24) is 9.88 Å². The minimum Gasteiger partial charge on any atom is -0.384 e. The lowest BCUT2D eigenvalue weighted by Crippen LogP contribution is -2.33. The molecule has 0 aliphatic carbocycles. The SMILES string of the molecule is CN1CCC(CNc2nc(N)ccc2[N+](=O)[O-])CC1. The number of pyridine rings is 1. The summed E-state index contributed by atoms with van der Waals surface area (Å²) in [7, 11) is 2.11. The number of piperidine rings is 1. The highest BCUT2D eigenvalue weighted by molar-refractivity contribution is 5.59. The third-order valence-corrected chi connectivity index (χ3v) is 3.49. The molecule has 104 valence electrons. The Morgan fingerprint density at radius 2 is 2.21 bits per heavy atom. The first-order chi connectivity index (χ1) is 9.06. The maximum absolute atomic E-state index is 10.9. The number of nitrogen functional groups attached to an aromatic ring is 1. The first kappa shape index (κ1) is 13.5. The van der Waals surface area contributed by atoms with Crippen LogP contribution in [0.15, 0.2) is 12.1 Å². The van der Waals surface area contributed by atoms with E-state index in [1.165, 1.54) is 12.1 Å². The van der Waals surface area contributed by atoms with Gasteiger partial charge in [-0.15, -0.1) is 0 Å². The van der Waals surface area contributed by atoms with Crippen LogP contribution in [0.25, 0.3) is 0 Å². The molecule has 2 heterocycles. The predicted molar refractivity (Wildman–Crippen MR) is 74.0 cm³/mol. The number of rotatable bonds is 4. The molecule has 7 nitrogen and oxygen atoms in total. The molecular weight excluding hydrogens is 246 g/mol. The van der Waals surface area contributed by atoms with Crippen molar-refractivity contribution in [2.75, 3.05) is 37.7 Å². The van der Waals surface area contributed by atoms with Crippen LogP contribution in [0.4, 0.5) is 17.3 Å². The Bertz CT molecular complexity index is 457. The summed E-state index contributed by atoms with van der Waals surface area (Å²) >= 11 is 0. The lowest BCUT2D eigenvalue weighted by molar-refractivity contribution is -0.384. The van der Waals surface area contributed by atoms with E-state index in [1.807, 2.05) is 0 Å². The Morgan fingerprint density at radius 3 is 2.84 bits per heavy atom. The van der Waals surface area contributed by atoms with Crippen LogP contribution in [-0.4, -0.2) is 41.5 Å². The highest BCUT2D eigenvalue weighted by Crippen LogP contribution is 2.24. The smallest absolute Gasteiger partial charge is 0.311 e. The number of hydrogen-bond acceptors (Lipinski definition) is 6. The summed E-state index contributed by atoms with van der Waals surface area (Å²) in [5, 5.41) is 14.0. The van der Waals surface area contributed by atoms with E-state index in [1.54, 1.807) is 0 Å². The Morgan fingerprint density at radius 1 is 1.53 bits per heavy atom. The maximum Gasteiger partial charge on any atom is 0.311 e. The number of nitrogens with zero attached hydrogens (tertiary/aromatic N) is 3. The van der Waals surface area contributed by atoms with E-state index in [0.717, 1.165) is 25.9 Å². The third kappa shape index (κ3) is 3.54. The summed E-state index contributed by atoms with van der Waals surface area (Å²) in [6.45, 7) is 2.84. The number of likely N-dealkylation sites (tertiary alicyclic amines) is 1. The summed E-state index contributed by atoms with van der Waals surface area (Å²) < 4.78 is 0. The average Bonchev–Trinajstić information content (AvgIpc) is 2.38. The van der Waals surface area contributed by atoms with Crippen molar-refractivity contribution in [1.29, 1.82) is 0 Å². The molecule has 3 N–H and O–H groups in total. The van der Waals surface area contributed by atoms with Gasteiger partial charge in [0.05, 0.1) is 4.92 Å². The molecule has 1 aliphatic heterocycles. The Labute approximate surface area is 112 Å². The summed E-state index contributed by atoms with van der Waals surface area (Å²) in [5.74, 6) is 1.08. The fraction of sp³-hybridized carbons (Fsp3) is 0.583. The maximum atomic E-state index is 10.9. The Kier molecular flexibility index (Phi) is 4.16. The van der Waals surface area contributed by atoms with Gasteiger partial charge in [0.2, 0.25) is 5.82 Å². The van der Waals surface area contributed by atoms with Crippen molar-refractivity contribution < 1.29 is 4.92 Å². The highest BCUT2D eigenvalue weighted by Gasteiger charge is 2.19. The van der Waals surface area contributed by atoms with Gasteiger partial charge < -0.3 is 16.0 Å². The standard InChI is InChI=1S/C12H19N5O2/c1-16-6-4-9(5-7-16)8-14-12-10(17(18)19)2-3-11(13)15-12/h2-3,9H,4-8H2,1H3,(H3,13,14,15). The first-order valence-electron chi connectivity index (χ1n) is 6.39. The van der Waals surface area contributed by atoms with Crippen LogP contribution in [0.1, 0.15) is 12.8 Å². The first-order valence-corrected chi connectivity index (χ1v) is 6.39. The van der Waals surface area contributed by atoms with E-state index < -0.39 is 4.92 Å². The minimum absolute atomic E-state index is 0.0258. The van der Waals surface area contributed by atoms with Crippen molar-refractivity contribution in [3.05, 3.63) is 22.2 Å². The van der Waals surface area contributed by atoms with Crippen LogP contribution in [-0.2, 0) is 0 Å². The number of aromatic nitrogens is 1. The number of nitro groups is 1. The lowest BCUT2D eigenvalue weighted by atomic mass is 9.97. The molecule has 0 amide bonds. The van der Waals surface area contributed by atoms with Crippen molar-refractivity contribution in [2.24, 2.45) is 5.92 Å². The van der Waals surface area contributed by atoms with Crippen molar-refractivity contribution in [3.63, 3.8) is 0 Å². The van der Waals surface area contributed by atoms with Crippen LogP contribution < -0.4 is 11.1 Å². The quantitative estimate of drug-likeness (QED) is 0.629. The zero-order chi connectivity index (χ0) is 13.8. The van der Waals surface area contributed by atoms with Gasteiger partial charge in [0, 0.05) is 12.6 Å². The summed E-state index contributed by atoms with van der Waals surface area (Å²) in [6.07, 6.45) is 2.19. The topological polar surface area (TPSA) is 97.3 Å². The molecule has 0 unspecified atom stereocenters. The van der Waals surface area contributed by atoms with Crippen molar-refractivity contribution in [2.45, 2.75) is 12.8 Å². The molecule has 0 bridgehead atoms. The van der Waals surface area contributed by atoms with Crippen LogP contribution >= 0.6 is 0 Å². The van der Waals surface area contributed by atoms with Gasteiger partial charge in [-0.2, -0.15) is 0 Å². The van der Waals surface area contributed by atoms with Gasteiger partial charge in [-0.05, 0) is 45.0 Å². The molecule has 0 aromatic carbocycles. The van der Waals surface area contributed by atoms with E-state index in [-0.39, 0.29) is 17.3 Å². The number of anilines is 2. The fourth-order valence-corrected chi connectivity index (χ4v) is 2.25. The Hall–Kier alpha value is -1.89. The van der Waals surface area contributed by atoms with E-state index in [9.17, 15) is 10.1 Å². The predicted octanol–water partition coefficient (Wildman–Crippen LogP) is 1.33. The lowest BCUT2D eigenvalue weighted by Gasteiger charge is -2.29. The summed E-state index contributed by atoms with van der Waals surface area (Å²) in [6, 6.07) is 2.83. The van der Waals surface area contributed by atoms with Crippen molar-refractivity contribution in [3.8, 4) is 0 Å². The molecule has 0 atom stereocenters. The minimum atomic E-state index is -0.441.